The molecular weight excluding hydrogens is 318 g/mol. The van der Waals surface area contributed by atoms with E-state index in [2.05, 4.69) is 15.2 Å². The highest BCUT2D eigenvalue weighted by molar-refractivity contribution is 5.83. The van der Waals surface area contributed by atoms with Crippen LogP contribution in [0.15, 0.2) is 46.1 Å². The van der Waals surface area contributed by atoms with Gasteiger partial charge in [0.25, 0.3) is 11.1 Å². The van der Waals surface area contributed by atoms with E-state index in [1.807, 2.05) is 32.0 Å². The van der Waals surface area contributed by atoms with Gasteiger partial charge in [-0.25, -0.2) is 14.2 Å². The molecule has 1 aromatic carbocycles. The number of aromatic nitrogens is 5. The summed E-state index contributed by atoms with van der Waals surface area (Å²) >= 11 is 0. The van der Waals surface area contributed by atoms with E-state index in [0.717, 1.165) is 23.1 Å². The zero-order chi connectivity index (χ0) is 17.6. The van der Waals surface area contributed by atoms with Crippen LogP contribution in [-0.4, -0.2) is 24.4 Å². The van der Waals surface area contributed by atoms with Crippen molar-refractivity contribution in [1.82, 2.24) is 24.4 Å². The second-order valence-electron chi connectivity index (χ2n) is 5.99. The molecule has 7 nitrogen and oxygen atoms in total. The topological polar surface area (TPSA) is 85.0 Å². The first-order valence-corrected chi connectivity index (χ1v) is 8.14. The smallest absolute Gasteiger partial charge is 0.275 e. The largest absolute Gasteiger partial charge is 0.297 e. The maximum atomic E-state index is 12.7. The molecule has 0 atom stereocenters. The van der Waals surface area contributed by atoms with Crippen molar-refractivity contribution in [3.05, 3.63) is 74.2 Å². The highest BCUT2D eigenvalue weighted by Crippen LogP contribution is 2.12. The van der Waals surface area contributed by atoms with Crippen LogP contribution >= 0.6 is 0 Å². The van der Waals surface area contributed by atoms with E-state index >= 15 is 0 Å². The fourth-order valence-corrected chi connectivity index (χ4v) is 3.08. The Morgan fingerprint density at radius 1 is 1.16 bits per heavy atom. The molecule has 0 saturated carbocycles. The van der Waals surface area contributed by atoms with Gasteiger partial charge in [-0.1, -0.05) is 25.1 Å². The Balaban J connectivity index is 1.87. The number of H-pyrrole nitrogens is 1. The number of aromatic amines is 1. The van der Waals surface area contributed by atoms with Gasteiger partial charge < -0.3 is 0 Å². The first-order chi connectivity index (χ1) is 12.1. The average molecular weight is 335 g/mol. The van der Waals surface area contributed by atoms with Crippen molar-refractivity contribution in [2.24, 2.45) is 0 Å². The number of rotatable bonds is 3. The molecule has 0 aliphatic rings. The van der Waals surface area contributed by atoms with Crippen molar-refractivity contribution in [2.75, 3.05) is 0 Å². The lowest BCUT2D eigenvalue weighted by atomic mass is 10.1. The third kappa shape index (κ3) is 2.44. The van der Waals surface area contributed by atoms with Crippen LogP contribution in [-0.2, 0) is 13.0 Å². The van der Waals surface area contributed by atoms with E-state index in [0.29, 0.717) is 16.7 Å². The van der Waals surface area contributed by atoms with Gasteiger partial charge in [-0.05, 0) is 19.4 Å². The van der Waals surface area contributed by atoms with Crippen LogP contribution in [0.5, 0.6) is 0 Å². The zero-order valence-corrected chi connectivity index (χ0v) is 14.0. The zero-order valence-electron chi connectivity index (χ0n) is 14.0. The SMILES string of the molecule is CCc1c[nH]n2c(=O)cc(Cn3nc(C)c4ccccc4c3=O)nc12. The second kappa shape index (κ2) is 5.70. The van der Waals surface area contributed by atoms with Crippen molar-refractivity contribution in [3.63, 3.8) is 0 Å². The molecular formula is C18H17N5O2. The Morgan fingerprint density at radius 3 is 2.68 bits per heavy atom. The highest BCUT2D eigenvalue weighted by atomic mass is 16.1. The minimum absolute atomic E-state index is 0.157. The summed E-state index contributed by atoms with van der Waals surface area (Å²) in [6.45, 7) is 4.02. The summed E-state index contributed by atoms with van der Waals surface area (Å²) in [6, 6.07) is 8.82. The second-order valence-corrected chi connectivity index (χ2v) is 5.99. The highest BCUT2D eigenvalue weighted by Gasteiger charge is 2.11. The number of nitrogens with zero attached hydrogens (tertiary/aromatic N) is 4. The van der Waals surface area contributed by atoms with Crippen molar-refractivity contribution in [2.45, 2.75) is 26.8 Å². The van der Waals surface area contributed by atoms with E-state index in [9.17, 15) is 9.59 Å². The van der Waals surface area contributed by atoms with Crippen LogP contribution < -0.4 is 11.1 Å². The summed E-state index contributed by atoms with van der Waals surface area (Å²) in [6.07, 6.45) is 2.54. The molecule has 0 amide bonds. The molecule has 0 radical (unpaired) electrons. The minimum Gasteiger partial charge on any atom is -0.297 e. The molecule has 0 fully saturated rings. The fraction of sp³-hybridized carbons (Fsp3) is 0.222. The van der Waals surface area contributed by atoms with E-state index < -0.39 is 0 Å². The number of benzene rings is 1. The van der Waals surface area contributed by atoms with Gasteiger partial charge in [0.1, 0.15) is 0 Å². The Bertz CT molecular complexity index is 1220. The molecule has 7 heteroatoms. The summed E-state index contributed by atoms with van der Waals surface area (Å²) < 4.78 is 2.78. The maximum absolute atomic E-state index is 12.7. The van der Waals surface area contributed by atoms with E-state index in [4.69, 9.17) is 0 Å². The molecule has 25 heavy (non-hydrogen) atoms. The van der Waals surface area contributed by atoms with Gasteiger partial charge in [-0.3, -0.25) is 14.7 Å². The van der Waals surface area contributed by atoms with Gasteiger partial charge >= 0.3 is 0 Å². The summed E-state index contributed by atoms with van der Waals surface area (Å²) in [7, 11) is 0. The molecule has 0 aliphatic heterocycles. The van der Waals surface area contributed by atoms with Crippen LogP contribution in [0.4, 0.5) is 0 Å². The van der Waals surface area contributed by atoms with E-state index in [1.165, 1.54) is 15.3 Å². The third-order valence-electron chi connectivity index (χ3n) is 4.37. The van der Waals surface area contributed by atoms with Crippen molar-refractivity contribution >= 4 is 16.4 Å². The predicted octanol–water partition coefficient (Wildman–Crippen LogP) is 1.65. The summed E-state index contributed by atoms with van der Waals surface area (Å²) in [5, 5.41) is 8.74. The molecule has 0 saturated heterocycles. The average Bonchev–Trinajstić information content (AvgIpc) is 3.03. The molecule has 3 aromatic heterocycles. The number of hydrogen-bond acceptors (Lipinski definition) is 4. The van der Waals surface area contributed by atoms with Crippen LogP contribution in [0.1, 0.15) is 23.9 Å². The van der Waals surface area contributed by atoms with Crippen LogP contribution in [0, 0.1) is 6.92 Å². The molecule has 3 heterocycles. The van der Waals surface area contributed by atoms with Crippen molar-refractivity contribution < 1.29 is 0 Å². The Labute approximate surface area is 142 Å². The fourth-order valence-electron chi connectivity index (χ4n) is 3.08. The van der Waals surface area contributed by atoms with Crippen molar-refractivity contribution in [3.8, 4) is 0 Å². The molecule has 0 spiro atoms. The van der Waals surface area contributed by atoms with Crippen molar-refractivity contribution in [1.29, 1.82) is 0 Å². The standard InChI is InChI=1S/C18H17N5O2/c1-3-12-9-19-23-16(24)8-13(20-17(12)23)10-22-18(25)15-7-5-4-6-14(15)11(2)21-22/h4-9,19H,3,10H2,1-2H3. The van der Waals surface area contributed by atoms with Gasteiger partial charge in [0.2, 0.25) is 0 Å². The predicted molar refractivity (Wildman–Crippen MR) is 95.0 cm³/mol. The van der Waals surface area contributed by atoms with Gasteiger partial charge in [0.05, 0.1) is 23.3 Å². The summed E-state index contributed by atoms with van der Waals surface area (Å²) in [4.78, 5) is 29.5. The molecule has 4 rings (SSSR count). The Kier molecular flexibility index (Phi) is 3.49. The lowest BCUT2D eigenvalue weighted by molar-refractivity contribution is 0.625. The summed E-state index contributed by atoms with van der Waals surface area (Å²) in [5.74, 6) is 0. The van der Waals surface area contributed by atoms with Gasteiger partial charge in [-0.15, -0.1) is 0 Å². The van der Waals surface area contributed by atoms with Gasteiger partial charge in [0.15, 0.2) is 5.65 Å². The quantitative estimate of drug-likeness (QED) is 0.617. The van der Waals surface area contributed by atoms with E-state index in [1.54, 1.807) is 12.3 Å². The Morgan fingerprint density at radius 2 is 1.92 bits per heavy atom. The summed E-state index contributed by atoms with van der Waals surface area (Å²) in [5.41, 5.74) is 2.44. The molecule has 0 bridgehead atoms. The third-order valence-corrected chi connectivity index (χ3v) is 4.37. The normalized spacial score (nSPS) is 11.4. The minimum atomic E-state index is -0.203. The molecule has 126 valence electrons. The lowest BCUT2D eigenvalue weighted by Gasteiger charge is -2.08. The number of fused-ring (bicyclic) bond motifs is 2. The lowest BCUT2D eigenvalue weighted by Crippen LogP contribution is -2.26. The molecule has 0 aliphatic carbocycles. The molecule has 0 unspecified atom stereocenters. The van der Waals surface area contributed by atoms with Crippen LogP contribution in [0.25, 0.3) is 16.4 Å². The Hall–Kier alpha value is -3.22. The molecule has 1 N–H and O–H groups in total. The first-order valence-electron chi connectivity index (χ1n) is 8.14. The maximum Gasteiger partial charge on any atom is 0.275 e. The first kappa shape index (κ1) is 15.3. The van der Waals surface area contributed by atoms with E-state index in [-0.39, 0.29) is 17.7 Å². The van der Waals surface area contributed by atoms with Crippen LogP contribution in [0.3, 0.4) is 0 Å². The van der Waals surface area contributed by atoms with Crippen LogP contribution in [0.2, 0.25) is 0 Å². The number of hydrogen-bond donors (Lipinski definition) is 1. The molecule has 4 aromatic rings. The van der Waals surface area contributed by atoms with Gasteiger partial charge in [0, 0.05) is 23.2 Å². The monoisotopic (exact) mass is 335 g/mol. The number of nitrogens with one attached hydrogen (secondary N) is 1. The number of aryl methyl sites for hydroxylation is 2. The van der Waals surface area contributed by atoms with Gasteiger partial charge in [-0.2, -0.15) is 5.10 Å².